The number of benzene rings is 1. The minimum atomic E-state index is -0.439. The zero-order valence-electron chi connectivity index (χ0n) is 13.7. The lowest BCUT2D eigenvalue weighted by Gasteiger charge is -2.10. The summed E-state index contributed by atoms with van der Waals surface area (Å²) in [6, 6.07) is 15.9. The number of hydrogen-bond donors (Lipinski definition) is 2. The monoisotopic (exact) mass is 441 g/mol. The van der Waals surface area contributed by atoms with E-state index in [0.29, 0.717) is 32.8 Å². The van der Waals surface area contributed by atoms with Crippen LogP contribution < -0.4 is 10.9 Å². The first kappa shape index (κ1) is 17.4. The molecule has 2 N–H and O–H groups in total. The number of rotatable bonds is 3. The third-order valence-electron chi connectivity index (χ3n) is 3.82. The summed E-state index contributed by atoms with van der Waals surface area (Å²) in [4.78, 5) is 29.9. The lowest BCUT2D eigenvalue weighted by Crippen LogP contribution is -2.41. The number of hydrazine groups is 1. The lowest BCUT2D eigenvalue weighted by molar-refractivity contribution is 0.0850. The van der Waals surface area contributed by atoms with E-state index in [1.807, 2.05) is 18.2 Å². The summed E-state index contributed by atoms with van der Waals surface area (Å²) in [5, 5.41) is 0.679. The van der Waals surface area contributed by atoms with Gasteiger partial charge in [-0.2, -0.15) is 0 Å². The van der Waals surface area contributed by atoms with Gasteiger partial charge in [-0.1, -0.05) is 18.2 Å². The molecule has 0 radical (unpaired) electrons. The van der Waals surface area contributed by atoms with Crippen molar-refractivity contribution in [2.75, 3.05) is 0 Å². The van der Waals surface area contributed by atoms with E-state index in [2.05, 4.69) is 31.8 Å². The highest BCUT2D eigenvalue weighted by Crippen LogP contribution is 2.25. The Morgan fingerprint density at radius 1 is 1.00 bits per heavy atom. The van der Waals surface area contributed by atoms with Gasteiger partial charge in [0.05, 0.1) is 26.0 Å². The number of nitrogens with zero attached hydrogens (tertiary/aromatic N) is 1. The van der Waals surface area contributed by atoms with Crippen molar-refractivity contribution in [3.05, 3.63) is 75.1 Å². The third-order valence-corrected chi connectivity index (χ3v) is 5.44. The lowest BCUT2D eigenvalue weighted by atomic mass is 10.1. The second kappa shape index (κ2) is 7.34. The van der Waals surface area contributed by atoms with Gasteiger partial charge in [0.1, 0.15) is 5.69 Å². The van der Waals surface area contributed by atoms with Crippen LogP contribution in [0.15, 0.2) is 69.1 Å². The molecule has 4 aromatic rings. The molecule has 0 aliphatic rings. The summed E-state index contributed by atoms with van der Waals surface area (Å²) in [5.74, 6) is -0.267. The first-order chi connectivity index (χ1) is 13.1. The van der Waals surface area contributed by atoms with Crippen molar-refractivity contribution in [1.82, 2.24) is 15.8 Å². The molecule has 0 fully saturated rings. The van der Waals surface area contributed by atoms with Gasteiger partial charge >= 0.3 is 0 Å². The fourth-order valence-electron chi connectivity index (χ4n) is 2.59. The highest BCUT2D eigenvalue weighted by Gasteiger charge is 2.16. The Kier molecular flexibility index (Phi) is 4.74. The fraction of sp³-hybridized carbons (Fsp3) is 0. The van der Waals surface area contributed by atoms with Gasteiger partial charge in [0, 0.05) is 5.39 Å². The van der Waals surface area contributed by atoms with Crippen LogP contribution in [0.2, 0.25) is 0 Å². The summed E-state index contributed by atoms with van der Waals surface area (Å²) in [6.07, 6.45) is 1.55. The van der Waals surface area contributed by atoms with Gasteiger partial charge in [0.25, 0.3) is 11.8 Å². The quantitative estimate of drug-likeness (QED) is 0.461. The first-order valence-electron chi connectivity index (χ1n) is 7.91. The topological polar surface area (TPSA) is 84.2 Å². The molecule has 27 heavy (non-hydrogen) atoms. The second-order valence-corrected chi connectivity index (χ2v) is 8.02. The molecular formula is C19H12BrN3O3S. The largest absolute Gasteiger partial charge is 0.463 e. The maximum Gasteiger partial charge on any atom is 0.279 e. The van der Waals surface area contributed by atoms with Gasteiger partial charge in [0.2, 0.25) is 0 Å². The molecule has 134 valence electrons. The zero-order valence-corrected chi connectivity index (χ0v) is 16.1. The van der Waals surface area contributed by atoms with Crippen LogP contribution in [0.3, 0.4) is 0 Å². The van der Waals surface area contributed by atoms with Gasteiger partial charge in [0.15, 0.2) is 5.76 Å². The van der Waals surface area contributed by atoms with Crippen LogP contribution in [-0.4, -0.2) is 16.8 Å². The van der Waals surface area contributed by atoms with Crippen molar-refractivity contribution < 1.29 is 14.0 Å². The van der Waals surface area contributed by atoms with Gasteiger partial charge in [-0.25, -0.2) is 4.98 Å². The van der Waals surface area contributed by atoms with Crippen molar-refractivity contribution in [3.8, 4) is 11.5 Å². The Morgan fingerprint density at radius 2 is 1.81 bits per heavy atom. The van der Waals surface area contributed by atoms with Crippen LogP contribution in [0.25, 0.3) is 22.4 Å². The van der Waals surface area contributed by atoms with Crippen LogP contribution in [0.5, 0.6) is 0 Å². The van der Waals surface area contributed by atoms with Crippen molar-refractivity contribution in [2.24, 2.45) is 0 Å². The van der Waals surface area contributed by atoms with Crippen LogP contribution in [-0.2, 0) is 0 Å². The van der Waals surface area contributed by atoms with E-state index in [0.717, 1.165) is 3.79 Å². The van der Waals surface area contributed by atoms with E-state index >= 15 is 0 Å². The van der Waals surface area contributed by atoms with Crippen LogP contribution in [0, 0.1) is 0 Å². The minimum Gasteiger partial charge on any atom is -0.463 e. The van der Waals surface area contributed by atoms with Crippen molar-refractivity contribution >= 4 is 50.0 Å². The van der Waals surface area contributed by atoms with Crippen molar-refractivity contribution in [3.63, 3.8) is 0 Å². The highest BCUT2D eigenvalue weighted by atomic mass is 79.9. The number of halogens is 1. The molecule has 0 atom stereocenters. The molecule has 3 heterocycles. The number of hydrogen-bond acceptors (Lipinski definition) is 5. The summed E-state index contributed by atoms with van der Waals surface area (Å²) < 4.78 is 6.23. The van der Waals surface area contributed by atoms with Gasteiger partial charge < -0.3 is 4.42 Å². The molecule has 4 rings (SSSR count). The Bertz CT molecular complexity index is 1140. The Balaban J connectivity index is 1.63. The molecule has 6 nitrogen and oxygen atoms in total. The molecule has 1 aromatic carbocycles. The Morgan fingerprint density at radius 3 is 2.56 bits per heavy atom. The van der Waals surface area contributed by atoms with E-state index in [-0.39, 0.29) is 5.91 Å². The van der Waals surface area contributed by atoms with Gasteiger partial charge in [-0.3, -0.25) is 20.4 Å². The predicted octanol–water partition coefficient (Wildman–Crippen LogP) is 4.39. The molecule has 0 unspecified atom stereocenters. The van der Waals surface area contributed by atoms with E-state index in [1.165, 1.54) is 11.3 Å². The average Bonchev–Trinajstić information content (AvgIpc) is 3.37. The van der Waals surface area contributed by atoms with Crippen LogP contribution in [0.1, 0.15) is 20.0 Å². The van der Waals surface area contributed by atoms with Crippen LogP contribution in [0.4, 0.5) is 0 Å². The maximum absolute atomic E-state index is 12.7. The van der Waals surface area contributed by atoms with E-state index in [1.54, 1.807) is 42.7 Å². The van der Waals surface area contributed by atoms with Crippen LogP contribution >= 0.6 is 27.3 Å². The van der Waals surface area contributed by atoms with E-state index < -0.39 is 5.91 Å². The number of pyridine rings is 1. The molecule has 3 aromatic heterocycles. The number of furan rings is 1. The van der Waals surface area contributed by atoms with Gasteiger partial charge in [-0.05, 0) is 52.3 Å². The number of amides is 2. The standard InChI is InChI=1S/C19H12BrN3O3S/c20-17-8-7-16(27-17)19(25)23-22-18(24)12-10-14(15-6-3-9-26-15)21-13-5-2-1-4-11(12)13/h1-10H,(H,22,24)(H,23,25). The first-order valence-corrected chi connectivity index (χ1v) is 9.52. The maximum atomic E-state index is 12.7. The van der Waals surface area contributed by atoms with E-state index in [9.17, 15) is 9.59 Å². The molecule has 8 heteroatoms. The van der Waals surface area contributed by atoms with Gasteiger partial charge in [-0.15, -0.1) is 11.3 Å². The Hall–Kier alpha value is -2.97. The normalized spacial score (nSPS) is 10.7. The number of aromatic nitrogens is 1. The summed E-state index contributed by atoms with van der Waals surface area (Å²) >= 11 is 4.58. The molecule has 0 saturated heterocycles. The van der Waals surface area contributed by atoms with E-state index in [4.69, 9.17) is 4.42 Å². The molecule has 0 bridgehead atoms. The fourth-order valence-corrected chi connectivity index (χ4v) is 3.87. The number of fused-ring (bicyclic) bond motifs is 1. The number of thiophene rings is 1. The number of nitrogens with one attached hydrogen (secondary N) is 2. The predicted molar refractivity (Wildman–Crippen MR) is 106 cm³/mol. The molecule has 0 saturated carbocycles. The minimum absolute atomic E-state index is 0.385. The van der Waals surface area contributed by atoms with Crippen molar-refractivity contribution in [1.29, 1.82) is 0 Å². The zero-order chi connectivity index (χ0) is 18.8. The molecule has 0 aliphatic heterocycles. The number of carbonyl (C=O) groups is 2. The smallest absolute Gasteiger partial charge is 0.279 e. The average molecular weight is 442 g/mol. The molecule has 0 aliphatic carbocycles. The van der Waals surface area contributed by atoms with Crippen molar-refractivity contribution in [2.45, 2.75) is 0 Å². The molecule has 2 amide bonds. The molecular weight excluding hydrogens is 430 g/mol. The molecule has 0 spiro atoms. The SMILES string of the molecule is O=C(NNC(=O)c1cc(-c2ccco2)nc2ccccc12)c1ccc(Br)s1. The Labute approximate surface area is 166 Å². The number of carbonyl (C=O) groups excluding carboxylic acids is 2. The summed E-state index contributed by atoms with van der Waals surface area (Å²) in [7, 11) is 0. The number of para-hydroxylation sites is 1. The second-order valence-electron chi connectivity index (χ2n) is 5.56. The summed E-state index contributed by atoms with van der Waals surface area (Å²) in [6.45, 7) is 0. The third kappa shape index (κ3) is 3.62. The summed E-state index contributed by atoms with van der Waals surface area (Å²) in [5.41, 5.74) is 6.49. The highest BCUT2D eigenvalue weighted by molar-refractivity contribution is 9.11.